The minimum Gasteiger partial charge on any atom is -0.401 e. The fourth-order valence-corrected chi connectivity index (χ4v) is 2.45. The van der Waals surface area contributed by atoms with Crippen LogP contribution in [0.3, 0.4) is 0 Å². The van der Waals surface area contributed by atoms with Gasteiger partial charge in [0.15, 0.2) is 5.82 Å². The Labute approximate surface area is 123 Å². The molecule has 1 aliphatic carbocycles. The lowest BCUT2D eigenvalue weighted by Gasteiger charge is -2.13. The molecule has 0 unspecified atom stereocenters. The third-order valence-electron chi connectivity index (χ3n) is 3.78. The van der Waals surface area contributed by atoms with Crippen LogP contribution in [0, 0.1) is 13.8 Å². The topological polar surface area (TPSA) is 89.8 Å². The molecule has 5 nitrogen and oxygen atoms in total. The first kappa shape index (κ1) is 13.4. The third kappa shape index (κ3) is 2.42. The third-order valence-corrected chi connectivity index (χ3v) is 3.78. The van der Waals surface area contributed by atoms with Crippen molar-refractivity contribution in [1.82, 2.24) is 9.97 Å². The summed E-state index contributed by atoms with van der Waals surface area (Å²) in [5.41, 5.74) is 15.7. The Balaban J connectivity index is 2.09. The number of nitrogens with one attached hydrogen (secondary N) is 1. The van der Waals surface area contributed by atoms with Gasteiger partial charge in [0.05, 0.1) is 11.0 Å². The summed E-state index contributed by atoms with van der Waals surface area (Å²) in [6.45, 7) is 3.96. The number of rotatable bonds is 2. The fraction of sp³-hybridized carbons (Fsp3) is 0.250. The molecule has 5 heteroatoms. The van der Waals surface area contributed by atoms with Crippen molar-refractivity contribution in [2.75, 3.05) is 11.1 Å². The lowest BCUT2D eigenvalue weighted by atomic mass is 10.1. The average Bonchev–Trinajstić information content (AvgIpc) is 2.46. The zero-order valence-electron chi connectivity index (χ0n) is 12.3. The van der Waals surface area contributed by atoms with Crippen LogP contribution in [0.25, 0.3) is 11.8 Å². The highest BCUT2D eigenvalue weighted by atomic mass is 15.1. The number of aromatic nitrogens is 2. The van der Waals surface area contributed by atoms with Crippen LogP contribution in [0.5, 0.6) is 0 Å². The van der Waals surface area contributed by atoms with Gasteiger partial charge < -0.3 is 16.8 Å². The van der Waals surface area contributed by atoms with E-state index in [-0.39, 0.29) is 0 Å². The van der Waals surface area contributed by atoms with Gasteiger partial charge in [-0.1, -0.05) is 6.08 Å². The number of nitrogens with two attached hydrogens (primary N) is 2. The Morgan fingerprint density at radius 1 is 1.14 bits per heavy atom. The Hall–Kier alpha value is -2.56. The summed E-state index contributed by atoms with van der Waals surface area (Å²) in [6.07, 6.45) is 5.68. The maximum absolute atomic E-state index is 6.07. The zero-order valence-corrected chi connectivity index (χ0v) is 12.3. The first-order valence-electron chi connectivity index (χ1n) is 7.01. The second-order valence-electron chi connectivity index (χ2n) is 5.37. The number of anilines is 3. The van der Waals surface area contributed by atoms with E-state index in [1.165, 1.54) is 0 Å². The summed E-state index contributed by atoms with van der Waals surface area (Å²) in [5.74, 6) is 1.41. The van der Waals surface area contributed by atoms with Gasteiger partial charge in [-0.15, -0.1) is 0 Å². The number of hydrogen-bond acceptors (Lipinski definition) is 5. The van der Waals surface area contributed by atoms with Crippen LogP contribution in [-0.2, 0) is 0 Å². The molecule has 0 amide bonds. The van der Waals surface area contributed by atoms with Crippen molar-refractivity contribution in [2.24, 2.45) is 5.73 Å². The highest BCUT2D eigenvalue weighted by Gasteiger charge is 2.09. The van der Waals surface area contributed by atoms with Gasteiger partial charge in [-0.25, -0.2) is 9.97 Å². The number of pyridine rings is 2. The van der Waals surface area contributed by atoms with E-state index in [1.807, 2.05) is 19.9 Å². The van der Waals surface area contributed by atoms with E-state index in [9.17, 15) is 0 Å². The molecule has 3 rings (SSSR count). The molecule has 0 saturated carbocycles. The van der Waals surface area contributed by atoms with Crippen molar-refractivity contribution >= 4 is 29.1 Å². The Kier molecular flexibility index (Phi) is 3.25. The smallest absolute Gasteiger partial charge is 0.155 e. The summed E-state index contributed by atoms with van der Waals surface area (Å²) in [5, 5.41) is 5.19. The summed E-state index contributed by atoms with van der Waals surface area (Å²) < 4.78 is 0. The van der Waals surface area contributed by atoms with Crippen LogP contribution in [0.2, 0.25) is 0 Å². The van der Waals surface area contributed by atoms with Gasteiger partial charge in [0.25, 0.3) is 0 Å². The monoisotopic (exact) mass is 281 g/mol. The molecule has 0 atom stereocenters. The minimum atomic E-state index is 0.637. The predicted molar refractivity (Wildman–Crippen MR) is 86.2 cm³/mol. The maximum atomic E-state index is 6.07. The molecule has 2 heterocycles. The molecular formula is C16H19N5. The Morgan fingerprint density at radius 3 is 2.76 bits per heavy atom. The number of fused-ring (bicyclic) bond motifs is 1. The predicted octanol–water partition coefficient (Wildman–Crippen LogP) is 1.06. The summed E-state index contributed by atoms with van der Waals surface area (Å²) in [7, 11) is 0. The SMILES string of the molecule is Cc1cc2c(nc1Nc1nccc(C)c1N)=CCCC=2N. The molecule has 0 aromatic carbocycles. The molecule has 2 aromatic rings. The molecule has 1 aliphatic rings. The van der Waals surface area contributed by atoms with Crippen molar-refractivity contribution in [3.8, 4) is 0 Å². The second-order valence-corrected chi connectivity index (χ2v) is 5.37. The average molecular weight is 281 g/mol. The molecule has 0 bridgehead atoms. The molecule has 0 fully saturated rings. The molecular weight excluding hydrogens is 262 g/mol. The first-order valence-corrected chi connectivity index (χ1v) is 7.01. The van der Waals surface area contributed by atoms with E-state index in [0.29, 0.717) is 11.5 Å². The van der Waals surface area contributed by atoms with Crippen molar-refractivity contribution in [1.29, 1.82) is 0 Å². The Bertz CT molecular complexity index is 823. The number of nitrogen functional groups attached to an aromatic ring is 1. The molecule has 2 aromatic heterocycles. The molecule has 21 heavy (non-hydrogen) atoms. The molecule has 0 spiro atoms. The lowest BCUT2D eigenvalue weighted by molar-refractivity contribution is 1.02. The summed E-state index contributed by atoms with van der Waals surface area (Å²) >= 11 is 0. The largest absolute Gasteiger partial charge is 0.401 e. The molecule has 0 radical (unpaired) electrons. The minimum absolute atomic E-state index is 0.637. The van der Waals surface area contributed by atoms with Crippen LogP contribution in [0.15, 0.2) is 18.3 Å². The first-order chi connectivity index (χ1) is 10.1. The zero-order chi connectivity index (χ0) is 15.0. The van der Waals surface area contributed by atoms with Crippen LogP contribution in [-0.4, -0.2) is 9.97 Å². The quantitative estimate of drug-likeness (QED) is 0.766. The summed E-state index contributed by atoms with van der Waals surface area (Å²) in [6, 6.07) is 3.96. The number of aryl methyl sites for hydroxylation is 2. The second kappa shape index (κ2) is 5.09. The van der Waals surface area contributed by atoms with E-state index >= 15 is 0 Å². The van der Waals surface area contributed by atoms with Gasteiger partial charge >= 0.3 is 0 Å². The van der Waals surface area contributed by atoms with Gasteiger partial charge in [0.2, 0.25) is 0 Å². The van der Waals surface area contributed by atoms with Crippen LogP contribution in [0.1, 0.15) is 24.0 Å². The highest BCUT2D eigenvalue weighted by molar-refractivity contribution is 5.71. The van der Waals surface area contributed by atoms with Crippen LogP contribution >= 0.6 is 0 Å². The van der Waals surface area contributed by atoms with Crippen molar-refractivity contribution in [3.05, 3.63) is 40.0 Å². The van der Waals surface area contributed by atoms with Gasteiger partial charge in [-0.05, 0) is 49.9 Å². The van der Waals surface area contributed by atoms with E-state index in [1.54, 1.807) is 6.20 Å². The Morgan fingerprint density at radius 2 is 1.95 bits per heavy atom. The van der Waals surface area contributed by atoms with Gasteiger partial charge in [0, 0.05) is 17.1 Å². The standard InChI is InChI=1S/C16H19N5/c1-9-6-7-19-16(14(9)18)21-15-10(2)8-11-12(17)4-3-5-13(11)20-15/h5-8H,3-4,17-18H2,1-2H3,(H,19,20,21). The van der Waals surface area contributed by atoms with Gasteiger partial charge in [-0.2, -0.15) is 0 Å². The number of nitrogens with zero attached hydrogens (tertiary/aromatic N) is 2. The lowest BCUT2D eigenvalue weighted by Crippen LogP contribution is -2.35. The van der Waals surface area contributed by atoms with E-state index in [4.69, 9.17) is 11.5 Å². The molecule has 0 aliphatic heterocycles. The number of hydrogen-bond donors (Lipinski definition) is 3. The molecule has 5 N–H and O–H groups in total. The van der Waals surface area contributed by atoms with E-state index < -0.39 is 0 Å². The fourth-order valence-electron chi connectivity index (χ4n) is 2.45. The van der Waals surface area contributed by atoms with Crippen molar-refractivity contribution in [2.45, 2.75) is 26.7 Å². The van der Waals surface area contributed by atoms with E-state index in [0.717, 1.165) is 46.1 Å². The van der Waals surface area contributed by atoms with Crippen molar-refractivity contribution in [3.63, 3.8) is 0 Å². The van der Waals surface area contributed by atoms with Crippen molar-refractivity contribution < 1.29 is 0 Å². The van der Waals surface area contributed by atoms with Crippen LogP contribution < -0.4 is 27.4 Å². The van der Waals surface area contributed by atoms with E-state index in [2.05, 4.69) is 27.4 Å². The molecule has 0 saturated heterocycles. The summed E-state index contributed by atoms with van der Waals surface area (Å²) in [4.78, 5) is 8.95. The van der Waals surface area contributed by atoms with Crippen LogP contribution in [0.4, 0.5) is 17.3 Å². The maximum Gasteiger partial charge on any atom is 0.155 e. The highest BCUT2D eigenvalue weighted by Crippen LogP contribution is 2.23. The van der Waals surface area contributed by atoms with Gasteiger partial charge in [-0.3, -0.25) is 0 Å². The molecule has 108 valence electrons. The normalized spacial score (nSPS) is 13.5. The van der Waals surface area contributed by atoms with Gasteiger partial charge in [0.1, 0.15) is 5.82 Å².